The van der Waals surface area contributed by atoms with Crippen LogP contribution in [0.4, 0.5) is 4.79 Å². The van der Waals surface area contributed by atoms with Gasteiger partial charge in [0.2, 0.25) is 5.91 Å². The second kappa shape index (κ2) is 5.56. The summed E-state index contributed by atoms with van der Waals surface area (Å²) in [4.78, 5) is 36.6. The maximum absolute atomic E-state index is 12.3. The van der Waals surface area contributed by atoms with E-state index in [4.69, 9.17) is 5.11 Å². The Labute approximate surface area is 111 Å². The number of hydrogen-bond acceptors (Lipinski definition) is 4. The van der Waals surface area contributed by atoms with Gasteiger partial charge in [0.25, 0.3) is 5.91 Å². The molecular weight excluding hydrogens is 250 g/mol. The van der Waals surface area contributed by atoms with Gasteiger partial charge in [-0.1, -0.05) is 19.3 Å². The molecule has 4 amide bonds. The molecule has 0 unspecified atom stereocenters. The quantitative estimate of drug-likeness (QED) is 0.591. The third-order valence-corrected chi connectivity index (χ3v) is 3.69. The van der Waals surface area contributed by atoms with Gasteiger partial charge >= 0.3 is 6.03 Å². The first-order valence-corrected chi connectivity index (χ1v) is 6.61. The number of imide groups is 1. The van der Waals surface area contributed by atoms with Gasteiger partial charge in [-0.3, -0.25) is 14.5 Å². The summed E-state index contributed by atoms with van der Waals surface area (Å²) in [6, 6.07) is -0.494. The van der Waals surface area contributed by atoms with Crippen molar-refractivity contribution in [3.63, 3.8) is 0 Å². The lowest BCUT2D eigenvalue weighted by Gasteiger charge is -2.30. The molecule has 2 fully saturated rings. The summed E-state index contributed by atoms with van der Waals surface area (Å²) in [6.45, 7) is -0.337. The zero-order valence-corrected chi connectivity index (χ0v) is 10.8. The molecule has 7 heteroatoms. The van der Waals surface area contributed by atoms with Gasteiger partial charge in [0.05, 0.1) is 6.61 Å². The molecule has 1 saturated carbocycles. The van der Waals surface area contributed by atoms with Crippen molar-refractivity contribution in [3.8, 4) is 0 Å². The molecule has 0 atom stereocenters. The van der Waals surface area contributed by atoms with Gasteiger partial charge in [0.1, 0.15) is 12.1 Å². The van der Waals surface area contributed by atoms with Crippen LogP contribution >= 0.6 is 0 Å². The minimum absolute atomic E-state index is 0.119. The Hall–Kier alpha value is -1.63. The number of nitrogens with zero attached hydrogens (tertiary/aromatic N) is 1. The Morgan fingerprint density at radius 1 is 1.32 bits per heavy atom. The number of hydrogen-bond donors (Lipinski definition) is 3. The number of nitrogens with one attached hydrogen (secondary N) is 2. The van der Waals surface area contributed by atoms with E-state index in [1.807, 2.05) is 0 Å². The van der Waals surface area contributed by atoms with Gasteiger partial charge in [0, 0.05) is 6.54 Å². The standard InChI is InChI=1S/C12H19N3O4/c16-7-6-13-9(17)8-15-10(18)12(14-11(15)19)4-2-1-3-5-12/h16H,1-8H2,(H,13,17)(H,14,19). The Morgan fingerprint density at radius 2 is 2.00 bits per heavy atom. The van der Waals surface area contributed by atoms with Crippen LogP contribution in [0, 0.1) is 0 Å². The second-order valence-corrected chi connectivity index (χ2v) is 5.04. The van der Waals surface area contributed by atoms with E-state index < -0.39 is 17.5 Å². The zero-order valence-electron chi connectivity index (χ0n) is 10.8. The average molecular weight is 269 g/mol. The highest BCUT2D eigenvalue weighted by molar-refractivity contribution is 6.09. The minimum atomic E-state index is -0.785. The molecule has 0 radical (unpaired) electrons. The number of aliphatic hydroxyl groups excluding tert-OH is 1. The van der Waals surface area contributed by atoms with Crippen LogP contribution in [0.2, 0.25) is 0 Å². The van der Waals surface area contributed by atoms with E-state index in [2.05, 4.69) is 10.6 Å². The van der Waals surface area contributed by atoms with Crippen LogP contribution in [-0.2, 0) is 9.59 Å². The third-order valence-electron chi connectivity index (χ3n) is 3.69. The van der Waals surface area contributed by atoms with Crippen molar-refractivity contribution in [3.05, 3.63) is 0 Å². The van der Waals surface area contributed by atoms with Crippen molar-refractivity contribution in [2.24, 2.45) is 0 Å². The summed E-state index contributed by atoms with van der Waals surface area (Å²) in [6.07, 6.45) is 4.19. The van der Waals surface area contributed by atoms with Crippen LogP contribution in [0.25, 0.3) is 0 Å². The van der Waals surface area contributed by atoms with E-state index >= 15 is 0 Å². The van der Waals surface area contributed by atoms with Crippen molar-refractivity contribution in [2.45, 2.75) is 37.6 Å². The van der Waals surface area contributed by atoms with E-state index in [0.29, 0.717) is 12.8 Å². The fourth-order valence-corrected chi connectivity index (χ4v) is 2.71. The van der Waals surface area contributed by atoms with Crippen molar-refractivity contribution in [1.82, 2.24) is 15.5 Å². The summed E-state index contributed by atoms with van der Waals surface area (Å²) < 4.78 is 0. The molecular formula is C12H19N3O4. The molecule has 1 heterocycles. The number of rotatable bonds is 4. The highest BCUT2D eigenvalue weighted by Crippen LogP contribution is 2.33. The molecule has 0 bridgehead atoms. The van der Waals surface area contributed by atoms with Gasteiger partial charge in [-0.05, 0) is 12.8 Å². The number of amides is 4. The van der Waals surface area contributed by atoms with Crippen LogP contribution in [0.15, 0.2) is 0 Å². The molecule has 0 aromatic heterocycles. The lowest BCUT2D eigenvalue weighted by Crippen LogP contribution is -2.49. The van der Waals surface area contributed by atoms with Crippen molar-refractivity contribution in [2.75, 3.05) is 19.7 Å². The van der Waals surface area contributed by atoms with Crippen molar-refractivity contribution >= 4 is 17.8 Å². The average Bonchev–Trinajstić information content (AvgIpc) is 2.62. The predicted molar refractivity (Wildman–Crippen MR) is 66.2 cm³/mol. The molecule has 0 aromatic rings. The summed E-state index contributed by atoms with van der Waals surface area (Å²) in [5.41, 5.74) is -0.785. The van der Waals surface area contributed by atoms with Gasteiger partial charge in [-0.2, -0.15) is 0 Å². The largest absolute Gasteiger partial charge is 0.395 e. The van der Waals surface area contributed by atoms with Crippen LogP contribution < -0.4 is 10.6 Å². The van der Waals surface area contributed by atoms with E-state index in [1.54, 1.807) is 0 Å². The normalized spacial score (nSPS) is 21.6. The molecule has 19 heavy (non-hydrogen) atoms. The van der Waals surface area contributed by atoms with Crippen LogP contribution in [0.3, 0.4) is 0 Å². The fraction of sp³-hybridized carbons (Fsp3) is 0.750. The minimum Gasteiger partial charge on any atom is -0.395 e. The highest BCUT2D eigenvalue weighted by Gasteiger charge is 2.51. The molecule has 106 valence electrons. The van der Waals surface area contributed by atoms with Crippen LogP contribution in [0.5, 0.6) is 0 Å². The monoisotopic (exact) mass is 269 g/mol. The maximum Gasteiger partial charge on any atom is 0.325 e. The second-order valence-electron chi connectivity index (χ2n) is 5.04. The van der Waals surface area contributed by atoms with Crippen molar-refractivity contribution in [1.29, 1.82) is 0 Å². The van der Waals surface area contributed by atoms with Gasteiger partial charge in [0.15, 0.2) is 0 Å². The topological polar surface area (TPSA) is 98.7 Å². The molecule has 2 aliphatic rings. The Kier molecular flexibility index (Phi) is 4.04. The number of urea groups is 1. The van der Waals surface area contributed by atoms with E-state index in [-0.39, 0.29) is 25.6 Å². The Morgan fingerprint density at radius 3 is 2.63 bits per heavy atom. The first-order chi connectivity index (χ1) is 9.09. The van der Waals surface area contributed by atoms with Gasteiger partial charge in [-0.15, -0.1) is 0 Å². The highest BCUT2D eigenvalue weighted by atomic mass is 16.3. The molecule has 1 spiro atoms. The summed E-state index contributed by atoms with van der Waals surface area (Å²) >= 11 is 0. The third kappa shape index (κ3) is 2.70. The zero-order chi connectivity index (χ0) is 13.9. The number of carbonyl (C=O) groups excluding carboxylic acids is 3. The lowest BCUT2D eigenvalue weighted by atomic mass is 9.82. The maximum atomic E-state index is 12.3. The SMILES string of the molecule is O=C(CN1C(=O)NC2(CCCCC2)C1=O)NCCO. The smallest absolute Gasteiger partial charge is 0.325 e. The summed E-state index contributed by atoms with van der Waals surface area (Å²) in [7, 11) is 0. The first kappa shape index (κ1) is 13.8. The van der Waals surface area contributed by atoms with E-state index in [1.165, 1.54) is 0 Å². The fourth-order valence-electron chi connectivity index (χ4n) is 2.71. The van der Waals surface area contributed by atoms with Gasteiger partial charge < -0.3 is 15.7 Å². The summed E-state index contributed by atoms with van der Waals surface area (Å²) in [5.74, 6) is -0.734. The molecule has 1 aliphatic heterocycles. The Bertz CT molecular complexity index is 390. The Balaban J connectivity index is 2.00. The number of carbonyl (C=O) groups is 3. The first-order valence-electron chi connectivity index (χ1n) is 6.61. The van der Waals surface area contributed by atoms with Crippen molar-refractivity contribution < 1.29 is 19.5 Å². The lowest BCUT2D eigenvalue weighted by molar-refractivity contribution is -0.135. The molecule has 3 N–H and O–H groups in total. The predicted octanol–water partition coefficient (Wildman–Crippen LogP) is -0.650. The number of aliphatic hydroxyl groups is 1. The van der Waals surface area contributed by atoms with Gasteiger partial charge in [-0.25, -0.2) is 4.79 Å². The summed E-state index contributed by atoms with van der Waals surface area (Å²) in [5, 5.41) is 13.8. The van der Waals surface area contributed by atoms with Crippen LogP contribution in [-0.4, -0.2) is 53.1 Å². The molecule has 7 nitrogen and oxygen atoms in total. The molecule has 0 aromatic carbocycles. The van der Waals surface area contributed by atoms with Crippen LogP contribution in [0.1, 0.15) is 32.1 Å². The molecule has 2 rings (SSSR count). The van der Waals surface area contributed by atoms with E-state index in [0.717, 1.165) is 24.2 Å². The van der Waals surface area contributed by atoms with E-state index in [9.17, 15) is 14.4 Å². The molecule has 1 saturated heterocycles. The molecule has 1 aliphatic carbocycles.